The van der Waals surface area contributed by atoms with Gasteiger partial charge < -0.3 is 10.1 Å². The summed E-state index contributed by atoms with van der Waals surface area (Å²) in [6.45, 7) is 0.728. The predicted molar refractivity (Wildman–Crippen MR) is 107 cm³/mol. The Balaban J connectivity index is 1.64. The van der Waals surface area contributed by atoms with E-state index in [1.54, 1.807) is 12.1 Å². The van der Waals surface area contributed by atoms with Crippen molar-refractivity contribution in [2.24, 2.45) is 0 Å². The molecular formula is C19H20BrFN2O4S. The molecule has 0 bridgehead atoms. The Morgan fingerprint density at radius 2 is 1.89 bits per heavy atom. The first-order chi connectivity index (χ1) is 13.4. The van der Waals surface area contributed by atoms with E-state index in [0.717, 1.165) is 19.3 Å². The van der Waals surface area contributed by atoms with Crippen molar-refractivity contribution >= 4 is 37.5 Å². The minimum absolute atomic E-state index is 0.148. The van der Waals surface area contributed by atoms with Crippen molar-refractivity contribution < 1.29 is 22.3 Å². The third-order valence-corrected chi connectivity index (χ3v) is 6.84. The lowest BCUT2D eigenvalue weighted by Gasteiger charge is -2.26. The van der Waals surface area contributed by atoms with E-state index < -0.39 is 21.7 Å². The Morgan fingerprint density at radius 3 is 2.61 bits per heavy atom. The summed E-state index contributed by atoms with van der Waals surface area (Å²) < 4.78 is 45.8. The lowest BCUT2D eigenvalue weighted by Crippen LogP contribution is -2.35. The third-order valence-electron chi connectivity index (χ3n) is 4.32. The van der Waals surface area contributed by atoms with E-state index in [0.29, 0.717) is 29.0 Å². The van der Waals surface area contributed by atoms with Gasteiger partial charge in [-0.3, -0.25) is 4.79 Å². The van der Waals surface area contributed by atoms with Gasteiger partial charge in [-0.2, -0.15) is 4.31 Å². The second kappa shape index (κ2) is 9.02. The van der Waals surface area contributed by atoms with Gasteiger partial charge >= 0.3 is 0 Å². The molecule has 0 unspecified atom stereocenters. The molecular weight excluding hydrogens is 451 g/mol. The molecule has 0 spiro atoms. The van der Waals surface area contributed by atoms with Gasteiger partial charge in [-0.1, -0.05) is 12.5 Å². The number of ether oxygens (including phenoxy) is 1. The standard InChI is InChI=1S/C19H20BrFN2O4S/c20-17-11-14(21)7-8-18(17)27-13-19(24)22-15-5-4-6-16(12-15)28(25,26)23-9-2-1-3-10-23/h4-8,11-12H,1-3,9-10,13H2,(H,22,24). The number of piperidine rings is 1. The summed E-state index contributed by atoms with van der Waals surface area (Å²) in [5.74, 6) is -0.544. The van der Waals surface area contributed by atoms with Gasteiger partial charge in [-0.15, -0.1) is 0 Å². The van der Waals surface area contributed by atoms with Crippen LogP contribution in [0.1, 0.15) is 19.3 Å². The quantitative estimate of drug-likeness (QED) is 0.696. The Hall–Kier alpha value is -1.97. The smallest absolute Gasteiger partial charge is 0.262 e. The van der Waals surface area contributed by atoms with Crippen LogP contribution in [-0.4, -0.2) is 38.3 Å². The highest BCUT2D eigenvalue weighted by molar-refractivity contribution is 9.10. The molecule has 6 nitrogen and oxygen atoms in total. The van der Waals surface area contributed by atoms with Crippen LogP contribution in [0.15, 0.2) is 51.8 Å². The van der Waals surface area contributed by atoms with Crippen LogP contribution in [-0.2, 0) is 14.8 Å². The number of hydrogen-bond donors (Lipinski definition) is 1. The number of carbonyl (C=O) groups excluding carboxylic acids is 1. The van der Waals surface area contributed by atoms with E-state index in [9.17, 15) is 17.6 Å². The van der Waals surface area contributed by atoms with Gasteiger partial charge in [0.2, 0.25) is 10.0 Å². The van der Waals surface area contributed by atoms with Crippen LogP contribution in [0, 0.1) is 5.82 Å². The molecule has 0 atom stereocenters. The molecule has 0 radical (unpaired) electrons. The average Bonchev–Trinajstić information content (AvgIpc) is 2.68. The molecule has 0 aromatic heterocycles. The predicted octanol–water partition coefficient (Wildman–Crippen LogP) is 3.78. The van der Waals surface area contributed by atoms with Gasteiger partial charge in [-0.05, 0) is 65.2 Å². The minimum atomic E-state index is -3.58. The average molecular weight is 471 g/mol. The maximum Gasteiger partial charge on any atom is 0.262 e. The first-order valence-corrected chi connectivity index (χ1v) is 11.1. The fraction of sp³-hybridized carbons (Fsp3) is 0.316. The van der Waals surface area contributed by atoms with Crippen LogP contribution >= 0.6 is 15.9 Å². The molecule has 28 heavy (non-hydrogen) atoms. The molecule has 1 fully saturated rings. The SMILES string of the molecule is O=C(COc1ccc(F)cc1Br)Nc1cccc(S(=O)(=O)N2CCCCC2)c1. The number of hydrogen-bond acceptors (Lipinski definition) is 4. The van der Waals surface area contributed by atoms with Gasteiger partial charge in [0, 0.05) is 18.8 Å². The van der Waals surface area contributed by atoms with Crippen molar-refractivity contribution in [2.45, 2.75) is 24.2 Å². The number of benzene rings is 2. The molecule has 1 amide bonds. The van der Waals surface area contributed by atoms with Crippen molar-refractivity contribution in [3.8, 4) is 5.75 Å². The van der Waals surface area contributed by atoms with Crippen LogP contribution in [0.25, 0.3) is 0 Å². The van der Waals surface area contributed by atoms with E-state index in [4.69, 9.17) is 4.74 Å². The van der Waals surface area contributed by atoms with Gasteiger partial charge in [0.25, 0.3) is 5.91 Å². The zero-order chi connectivity index (χ0) is 20.1. The van der Waals surface area contributed by atoms with Crippen molar-refractivity contribution in [2.75, 3.05) is 25.0 Å². The second-order valence-corrected chi connectivity index (χ2v) is 9.20. The molecule has 0 aliphatic carbocycles. The van der Waals surface area contributed by atoms with E-state index in [2.05, 4.69) is 21.2 Å². The van der Waals surface area contributed by atoms with Crippen LogP contribution in [0.5, 0.6) is 5.75 Å². The fourth-order valence-corrected chi connectivity index (χ4v) is 4.95. The topological polar surface area (TPSA) is 75.7 Å². The van der Waals surface area contributed by atoms with Crippen LogP contribution in [0.2, 0.25) is 0 Å². The lowest BCUT2D eigenvalue weighted by atomic mass is 10.2. The van der Waals surface area contributed by atoms with Crippen LogP contribution in [0.3, 0.4) is 0 Å². The van der Waals surface area contributed by atoms with E-state index >= 15 is 0 Å². The summed E-state index contributed by atoms with van der Waals surface area (Å²) in [6, 6.07) is 10.0. The molecule has 1 N–H and O–H groups in total. The van der Waals surface area contributed by atoms with Gasteiger partial charge in [0.15, 0.2) is 6.61 Å². The summed E-state index contributed by atoms with van der Waals surface area (Å²) >= 11 is 3.17. The Labute approximate surface area is 171 Å². The highest BCUT2D eigenvalue weighted by Crippen LogP contribution is 2.26. The van der Waals surface area contributed by atoms with Gasteiger partial charge in [0.1, 0.15) is 11.6 Å². The number of halogens is 2. The van der Waals surface area contributed by atoms with Crippen LogP contribution < -0.4 is 10.1 Å². The maximum absolute atomic E-state index is 13.1. The number of anilines is 1. The zero-order valence-electron chi connectivity index (χ0n) is 15.0. The van der Waals surface area contributed by atoms with Gasteiger partial charge in [0.05, 0.1) is 9.37 Å². The Morgan fingerprint density at radius 1 is 1.14 bits per heavy atom. The van der Waals surface area contributed by atoms with Crippen molar-refractivity contribution in [1.82, 2.24) is 4.31 Å². The number of sulfonamides is 1. The zero-order valence-corrected chi connectivity index (χ0v) is 17.4. The van der Waals surface area contributed by atoms with Crippen molar-refractivity contribution in [1.29, 1.82) is 0 Å². The normalized spacial score (nSPS) is 15.2. The first-order valence-electron chi connectivity index (χ1n) is 8.84. The highest BCUT2D eigenvalue weighted by atomic mass is 79.9. The summed E-state index contributed by atoms with van der Waals surface area (Å²) in [5, 5.41) is 2.62. The Bertz CT molecular complexity index is 962. The molecule has 1 saturated heterocycles. The van der Waals surface area contributed by atoms with E-state index in [1.807, 2.05) is 0 Å². The second-order valence-electron chi connectivity index (χ2n) is 6.40. The van der Waals surface area contributed by atoms with E-state index in [-0.39, 0.29) is 11.5 Å². The molecule has 2 aromatic carbocycles. The van der Waals surface area contributed by atoms with E-state index in [1.165, 1.54) is 34.6 Å². The number of amides is 1. The first kappa shape index (κ1) is 20.8. The molecule has 3 rings (SSSR count). The minimum Gasteiger partial charge on any atom is -0.483 e. The Kier molecular flexibility index (Phi) is 6.69. The van der Waals surface area contributed by atoms with Crippen LogP contribution in [0.4, 0.5) is 10.1 Å². The summed E-state index contributed by atoms with van der Waals surface area (Å²) in [5.41, 5.74) is 0.366. The monoisotopic (exact) mass is 470 g/mol. The largest absolute Gasteiger partial charge is 0.483 e. The maximum atomic E-state index is 13.1. The van der Waals surface area contributed by atoms with Crippen molar-refractivity contribution in [3.05, 3.63) is 52.8 Å². The van der Waals surface area contributed by atoms with Crippen molar-refractivity contribution in [3.63, 3.8) is 0 Å². The molecule has 1 aliphatic rings. The molecule has 0 saturated carbocycles. The lowest BCUT2D eigenvalue weighted by molar-refractivity contribution is -0.118. The fourth-order valence-electron chi connectivity index (χ4n) is 2.92. The van der Waals surface area contributed by atoms with Gasteiger partial charge in [-0.25, -0.2) is 12.8 Å². The number of nitrogens with one attached hydrogen (secondary N) is 1. The number of rotatable bonds is 6. The summed E-state index contributed by atoms with van der Waals surface area (Å²) in [6.07, 6.45) is 2.74. The summed E-state index contributed by atoms with van der Waals surface area (Å²) in [7, 11) is -3.58. The molecule has 9 heteroatoms. The third kappa shape index (κ3) is 5.09. The highest BCUT2D eigenvalue weighted by Gasteiger charge is 2.26. The summed E-state index contributed by atoms with van der Waals surface area (Å²) in [4.78, 5) is 12.3. The molecule has 1 aliphatic heterocycles. The number of carbonyl (C=O) groups is 1. The molecule has 1 heterocycles. The number of nitrogens with zero attached hydrogens (tertiary/aromatic N) is 1. The molecule has 150 valence electrons. The molecule has 2 aromatic rings.